The van der Waals surface area contributed by atoms with E-state index < -0.39 is 5.60 Å². The van der Waals surface area contributed by atoms with Crippen LogP contribution in [0.3, 0.4) is 0 Å². The third-order valence-corrected chi connectivity index (χ3v) is 6.40. The molecule has 1 saturated heterocycles. The van der Waals surface area contributed by atoms with E-state index in [2.05, 4.69) is 39.3 Å². The molecule has 1 aliphatic heterocycles. The summed E-state index contributed by atoms with van der Waals surface area (Å²) in [5.41, 5.74) is 2.97. The standard InChI is InChI=1S/C26H32N6O3/c1-17-15-30(11-12-31(17)25(34)35-26(2,3)4)24(33)22-14-27-23(29-22)20-13-28-32(16-20)21-9-7-19(8-10-21)18-5-6-18/h7-10,13-14,16-18H,5-6,11-12,15H2,1-4H3,(H,27,29)/t17-/m0/s1. The van der Waals surface area contributed by atoms with Gasteiger partial charge in [0.05, 0.1) is 17.4 Å². The highest BCUT2D eigenvalue weighted by molar-refractivity contribution is 5.93. The van der Waals surface area contributed by atoms with Crippen LogP contribution in [-0.4, -0.2) is 72.8 Å². The molecule has 35 heavy (non-hydrogen) atoms. The van der Waals surface area contributed by atoms with Gasteiger partial charge in [-0.1, -0.05) is 12.1 Å². The first-order valence-electron chi connectivity index (χ1n) is 12.2. The molecule has 184 valence electrons. The monoisotopic (exact) mass is 476 g/mol. The van der Waals surface area contributed by atoms with Crippen molar-refractivity contribution in [3.8, 4) is 17.1 Å². The number of ether oxygens (including phenoxy) is 1. The summed E-state index contributed by atoms with van der Waals surface area (Å²) in [5, 5.41) is 4.47. The van der Waals surface area contributed by atoms with Gasteiger partial charge in [-0.25, -0.2) is 14.5 Å². The van der Waals surface area contributed by atoms with Crippen molar-refractivity contribution >= 4 is 12.0 Å². The summed E-state index contributed by atoms with van der Waals surface area (Å²) >= 11 is 0. The van der Waals surface area contributed by atoms with E-state index in [1.807, 2.05) is 38.6 Å². The SMILES string of the molecule is C[C@H]1CN(C(=O)c2c[nH]c(-c3cnn(-c4ccc(C5CC5)cc4)c3)n2)CCN1C(=O)OC(C)(C)C. The first-order chi connectivity index (χ1) is 16.7. The highest BCUT2D eigenvalue weighted by Gasteiger charge is 2.33. The Morgan fingerprint density at radius 3 is 2.51 bits per heavy atom. The van der Waals surface area contributed by atoms with E-state index in [1.165, 1.54) is 18.4 Å². The highest BCUT2D eigenvalue weighted by Crippen LogP contribution is 2.40. The van der Waals surface area contributed by atoms with Crippen molar-refractivity contribution in [3.05, 3.63) is 54.1 Å². The molecule has 3 aromatic rings. The van der Waals surface area contributed by atoms with Gasteiger partial charge in [-0.15, -0.1) is 0 Å². The number of carbonyl (C=O) groups excluding carboxylic acids is 2. The Bertz CT molecular complexity index is 1220. The average Bonchev–Trinajstić information content (AvgIpc) is 3.34. The summed E-state index contributed by atoms with van der Waals surface area (Å²) in [7, 11) is 0. The topological polar surface area (TPSA) is 96.4 Å². The molecule has 9 heteroatoms. The molecule has 5 rings (SSSR count). The molecule has 0 bridgehead atoms. The van der Waals surface area contributed by atoms with Gasteiger partial charge in [0.15, 0.2) is 0 Å². The molecule has 2 aliphatic rings. The van der Waals surface area contributed by atoms with Crippen LogP contribution in [0.1, 0.15) is 62.5 Å². The number of carbonyl (C=O) groups is 2. The van der Waals surface area contributed by atoms with Crippen LogP contribution in [0.2, 0.25) is 0 Å². The number of hydrogen-bond donors (Lipinski definition) is 1. The maximum atomic E-state index is 13.1. The van der Waals surface area contributed by atoms with Crippen molar-refractivity contribution in [2.75, 3.05) is 19.6 Å². The lowest BCUT2D eigenvalue weighted by Crippen LogP contribution is -2.56. The van der Waals surface area contributed by atoms with Crippen LogP contribution >= 0.6 is 0 Å². The minimum atomic E-state index is -0.553. The number of imidazole rings is 1. The number of hydrogen-bond acceptors (Lipinski definition) is 5. The largest absolute Gasteiger partial charge is 0.444 e. The van der Waals surface area contributed by atoms with Gasteiger partial charge in [0, 0.05) is 38.1 Å². The molecule has 2 amide bonds. The zero-order chi connectivity index (χ0) is 24.7. The Labute approximate surface area is 205 Å². The lowest BCUT2D eigenvalue weighted by molar-refractivity contribution is 0.00191. The first-order valence-corrected chi connectivity index (χ1v) is 12.2. The van der Waals surface area contributed by atoms with Gasteiger partial charge >= 0.3 is 6.09 Å². The van der Waals surface area contributed by atoms with E-state index in [9.17, 15) is 9.59 Å². The molecular formula is C26H32N6O3. The van der Waals surface area contributed by atoms with Crippen molar-refractivity contribution < 1.29 is 14.3 Å². The van der Waals surface area contributed by atoms with Crippen LogP contribution in [0.5, 0.6) is 0 Å². The summed E-state index contributed by atoms with van der Waals surface area (Å²) in [6.45, 7) is 8.74. The minimum absolute atomic E-state index is 0.148. The fourth-order valence-corrected chi connectivity index (χ4v) is 4.38. The molecule has 1 N–H and O–H groups in total. The van der Waals surface area contributed by atoms with E-state index >= 15 is 0 Å². The van der Waals surface area contributed by atoms with E-state index in [4.69, 9.17) is 4.74 Å². The number of H-pyrrole nitrogens is 1. The van der Waals surface area contributed by atoms with Crippen molar-refractivity contribution in [3.63, 3.8) is 0 Å². The average molecular weight is 477 g/mol. The van der Waals surface area contributed by atoms with E-state index in [1.54, 1.807) is 22.2 Å². The van der Waals surface area contributed by atoms with Gasteiger partial charge in [0.25, 0.3) is 5.91 Å². The zero-order valence-corrected chi connectivity index (χ0v) is 20.7. The normalized spacial score (nSPS) is 18.6. The molecule has 2 aromatic heterocycles. The summed E-state index contributed by atoms with van der Waals surface area (Å²) in [6, 6.07) is 8.35. The van der Waals surface area contributed by atoms with E-state index in [-0.39, 0.29) is 18.0 Å². The van der Waals surface area contributed by atoms with E-state index in [0.29, 0.717) is 31.2 Å². The summed E-state index contributed by atoms with van der Waals surface area (Å²) < 4.78 is 7.30. The predicted molar refractivity (Wildman–Crippen MR) is 131 cm³/mol. The predicted octanol–water partition coefficient (Wildman–Crippen LogP) is 4.22. The molecule has 9 nitrogen and oxygen atoms in total. The molecule has 2 fully saturated rings. The van der Waals surface area contributed by atoms with Crippen molar-refractivity contribution in [1.82, 2.24) is 29.5 Å². The summed E-state index contributed by atoms with van der Waals surface area (Å²) in [6.07, 6.45) is 7.49. The lowest BCUT2D eigenvalue weighted by Gasteiger charge is -2.40. The number of benzene rings is 1. The van der Waals surface area contributed by atoms with Crippen molar-refractivity contribution in [2.24, 2.45) is 0 Å². The van der Waals surface area contributed by atoms with Gasteiger partial charge in [0.1, 0.15) is 17.1 Å². The van der Waals surface area contributed by atoms with Gasteiger partial charge in [-0.05, 0) is 64.2 Å². The number of amides is 2. The number of rotatable bonds is 4. The van der Waals surface area contributed by atoms with Gasteiger partial charge in [0.2, 0.25) is 0 Å². The second kappa shape index (κ2) is 8.87. The van der Waals surface area contributed by atoms with Crippen molar-refractivity contribution in [2.45, 2.75) is 58.1 Å². The quantitative estimate of drug-likeness (QED) is 0.608. The highest BCUT2D eigenvalue weighted by atomic mass is 16.6. The fraction of sp³-hybridized carbons (Fsp3) is 0.462. The Morgan fingerprint density at radius 1 is 1.11 bits per heavy atom. The maximum Gasteiger partial charge on any atom is 0.410 e. The third-order valence-electron chi connectivity index (χ3n) is 6.40. The first kappa shape index (κ1) is 23.1. The number of aromatic nitrogens is 4. The molecule has 0 radical (unpaired) electrons. The van der Waals surface area contributed by atoms with Crippen LogP contribution in [-0.2, 0) is 4.74 Å². The van der Waals surface area contributed by atoms with Crippen LogP contribution in [0.4, 0.5) is 4.79 Å². The Kier molecular flexibility index (Phi) is 5.86. The third kappa shape index (κ3) is 5.08. The second-order valence-corrected chi connectivity index (χ2v) is 10.4. The smallest absolute Gasteiger partial charge is 0.410 e. The summed E-state index contributed by atoms with van der Waals surface area (Å²) in [5.74, 6) is 1.15. The Morgan fingerprint density at radius 2 is 1.86 bits per heavy atom. The number of aromatic amines is 1. The molecular weight excluding hydrogens is 444 g/mol. The lowest BCUT2D eigenvalue weighted by atomic mass is 10.1. The molecule has 0 unspecified atom stereocenters. The number of nitrogens with one attached hydrogen (secondary N) is 1. The molecule has 0 spiro atoms. The molecule has 1 saturated carbocycles. The van der Waals surface area contributed by atoms with Crippen LogP contribution in [0.25, 0.3) is 17.1 Å². The number of nitrogens with zero attached hydrogens (tertiary/aromatic N) is 5. The summed E-state index contributed by atoms with van der Waals surface area (Å²) in [4.78, 5) is 36.6. The zero-order valence-electron chi connectivity index (χ0n) is 20.7. The molecule has 1 aliphatic carbocycles. The molecule has 3 heterocycles. The van der Waals surface area contributed by atoms with Crippen molar-refractivity contribution in [1.29, 1.82) is 0 Å². The van der Waals surface area contributed by atoms with Crippen LogP contribution in [0.15, 0.2) is 42.9 Å². The van der Waals surface area contributed by atoms with Gasteiger partial charge < -0.3 is 19.5 Å². The van der Waals surface area contributed by atoms with Gasteiger partial charge in [-0.2, -0.15) is 5.10 Å². The van der Waals surface area contributed by atoms with Gasteiger partial charge in [-0.3, -0.25) is 4.79 Å². The van der Waals surface area contributed by atoms with E-state index in [0.717, 1.165) is 17.2 Å². The fourth-order valence-electron chi connectivity index (χ4n) is 4.38. The van der Waals surface area contributed by atoms with Crippen LogP contribution < -0.4 is 0 Å². The maximum absolute atomic E-state index is 13.1. The second-order valence-electron chi connectivity index (χ2n) is 10.4. The Hall–Kier alpha value is -3.62. The number of piperazine rings is 1. The Balaban J connectivity index is 1.23. The molecule has 1 atom stereocenters. The molecule has 1 aromatic carbocycles. The minimum Gasteiger partial charge on any atom is -0.444 e. The van der Waals surface area contributed by atoms with Crippen LogP contribution in [0, 0.1) is 0 Å².